The van der Waals surface area contributed by atoms with E-state index in [1.807, 2.05) is 9.80 Å². The highest BCUT2D eigenvalue weighted by molar-refractivity contribution is 5.86. The Balaban J connectivity index is 1.59. The van der Waals surface area contributed by atoms with Gasteiger partial charge in [0.25, 0.3) is 0 Å². The molecule has 2 aliphatic heterocycles. The first kappa shape index (κ1) is 16.6. The number of hydrogen-bond donors (Lipinski definition) is 1. The lowest BCUT2D eigenvalue weighted by Crippen LogP contribution is -2.54. The van der Waals surface area contributed by atoms with Gasteiger partial charge in [-0.1, -0.05) is 19.8 Å². The van der Waals surface area contributed by atoms with Gasteiger partial charge in [0.1, 0.15) is 0 Å². The molecule has 6 nitrogen and oxygen atoms in total. The normalized spacial score (nSPS) is 28.5. The Kier molecular flexibility index (Phi) is 4.80. The quantitative estimate of drug-likeness (QED) is 0.774. The van der Waals surface area contributed by atoms with Crippen molar-refractivity contribution in [3.63, 3.8) is 0 Å². The monoisotopic (exact) mass is 323 g/mol. The number of piperidine rings is 1. The first-order valence-corrected chi connectivity index (χ1v) is 8.97. The number of hydrogen-bond acceptors (Lipinski definition) is 3. The second-order valence-electron chi connectivity index (χ2n) is 7.23. The van der Waals surface area contributed by atoms with Gasteiger partial charge in [0.15, 0.2) is 0 Å². The number of amides is 3. The molecule has 23 heavy (non-hydrogen) atoms. The zero-order valence-electron chi connectivity index (χ0n) is 14.3. The molecular formula is C17H29N3O3. The van der Waals surface area contributed by atoms with Crippen LogP contribution in [0.1, 0.15) is 45.4 Å². The van der Waals surface area contributed by atoms with E-state index >= 15 is 0 Å². The Morgan fingerprint density at radius 3 is 2.87 bits per heavy atom. The van der Waals surface area contributed by atoms with Crippen molar-refractivity contribution in [3.8, 4) is 0 Å². The van der Waals surface area contributed by atoms with Gasteiger partial charge >= 0.3 is 6.03 Å². The molecule has 3 fully saturated rings. The van der Waals surface area contributed by atoms with E-state index in [9.17, 15) is 9.59 Å². The van der Waals surface area contributed by atoms with Crippen molar-refractivity contribution in [1.82, 2.24) is 15.1 Å². The predicted molar refractivity (Wildman–Crippen MR) is 87.1 cm³/mol. The molecule has 1 aliphatic carbocycles. The van der Waals surface area contributed by atoms with Gasteiger partial charge in [-0.3, -0.25) is 4.79 Å². The first-order chi connectivity index (χ1) is 11.1. The molecule has 3 aliphatic rings. The van der Waals surface area contributed by atoms with Crippen LogP contribution in [0.5, 0.6) is 0 Å². The molecule has 1 N–H and O–H groups in total. The summed E-state index contributed by atoms with van der Waals surface area (Å²) >= 11 is 0. The summed E-state index contributed by atoms with van der Waals surface area (Å²) < 4.78 is 5.10. The van der Waals surface area contributed by atoms with E-state index in [2.05, 4.69) is 12.2 Å². The van der Waals surface area contributed by atoms with E-state index in [-0.39, 0.29) is 23.5 Å². The molecule has 6 heteroatoms. The number of ether oxygens (including phenoxy) is 1. The molecule has 0 aromatic carbocycles. The number of nitrogens with zero attached hydrogens (tertiary/aromatic N) is 2. The summed E-state index contributed by atoms with van der Waals surface area (Å²) in [4.78, 5) is 28.9. The van der Waals surface area contributed by atoms with Crippen molar-refractivity contribution in [3.05, 3.63) is 0 Å². The van der Waals surface area contributed by atoms with Gasteiger partial charge in [0.05, 0.1) is 18.7 Å². The second-order valence-corrected chi connectivity index (χ2v) is 7.23. The number of methoxy groups -OCH3 is 1. The van der Waals surface area contributed by atoms with Gasteiger partial charge in [0, 0.05) is 32.2 Å². The van der Waals surface area contributed by atoms with Crippen molar-refractivity contribution in [2.24, 2.45) is 5.41 Å². The number of carbonyl (C=O) groups is 2. The maximum Gasteiger partial charge on any atom is 0.318 e. The maximum absolute atomic E-state index is 12.9. The van der Waals surface area contributed by atoms with Gasteiger partial charge in [0.2, 0.25) is 5.91 Å². The van der Waals surface area contributed by atoms with Crippen LogP contribution in [-0.4, -0.2) is 67.2 Å². The third-order valence-corrected chi connectivity index (χ3v) is 5.69. The zero-order chi connectivity index (χ0) is 16.4. The van der Waals surface area contributed by atoms with Gasteiger partial charge in [-0.05, 0) is 25.7 Å². The van der Waals surface area contributed by atoms with Crippen molar-refractivity contribution < 1.29 is 14.3 Å². The van der Waals surface area contributed by atoms with Crippen LogP contribution in [0.4, 0.5) is 4.79 Å². The van der Waals surface area contributed by atoms with Crippen molar-refractivity contribution in [1.29, 1.82) is 0 Å². The summed E-state index contributed by atoms with van der Waals surface area (Å²) in [7, 11) is 1.65. The fourth-order valence-corrected chi connectivity index (χ4v) is 4.06. The zero-order valence-corrected chi connectivity index (χ0v) is 14.3. The first-order valence-electron chi connectivity index (χ1n) is 8.97. The number of carbonyl (C=O) groups excluding carboxylic acids is 2. The number of urea groups is 1. The van der Waals surface area contributed by atoms with Crippen LogP contribution in [0.25, 0.3) is 0 Å². The summed E-state index contributed by atoms with van der Waals surface area (Å²) in [6.07, 6.45) is 6.25. The number of rotatable bonds is 7. The third-order valence-electron chi connectivity index (χ3n) is 5.69. The third kappa shape index (κ3) is 3.18. The summed E-state index contributed by atoms with van der Waals surface area (Å²) in [5.41, 5.74) is -0.0683. The molecule has 2 saturated heterocycles. The Hall–Kier alpha value is -1.30. The number of fused-ring (bicyclic) bond motifs is 1. The van der Waals surface area contributed by atoms with E-state index < -0.39 is 0 Å². The average Bonchev–Trinajstić information content (AvgIpc) is 3.28. The minimum Gasteiger partial charge on any atom is -0.383 e. The Morgan fingerprint density at radius 2 is 2.22 bits per heavy atom. The topological polar surface area (TPSA) is 61.9 Å². The summed E-state index contributed by atoms with van der Waals surface area (Å²) in [6, 6.07) is 0.255. The van der Waals surface area contributed by atoms with E-state index in [1.54, 1.807) is 7.11 Å². The van der Waals surface area contributed by atoms with E-state index in [1.165, 1.54) is 0 Å². The van der Waals surface area contributed by atoms with Crippen LogP contribution in [0.2, 0.25) is 0 Å². The van der Waals surface area contributed by atoms with Gasteiger partial charge < -0.3 is 19.9 Å². The van der Waals surface area contributed by atoms with Crippen LogP contribution in [0.3, 0.4) is 0 Å². The van der Waals surface area contributed by atoms with E-state index in [0.717, 1.165) is 45.1 Å². The fraction of sp³-hybridized carbons (Fsp3) is 0.882. The molecule has 130 valence electrons. The molecule has 0 aromatic heterocycles. The van der Waals surface area contributed by atoms with Crippen molar-refractivity contribution >= 4 is 11.9 Å². The molecule has 3 rings (SSSR count). The average molecular weight is 323 g/mol. The van der Waals surface area contributed by atoms with Crippen LogP contribution < -0.4 is 5.32 Å². The molecule has 2 atom stereocenters. The molecular weight excluding hydrogens is 294 g/mol. The predicted octanol–water partition coefficient (Wildman–Crippen LogP) is 1.60. The molecule has 0 radical (unpaired) electrons. The number of likely N-dealkylation sites (tertiary alicyclic amines) is 1. The smallest absolute Gasteiger partial charge is 0.318 e. The van der Waals surface area contributed by atoms with Crippen LogP contribution in [-0.2, 0) is 9.53 Å². The van der Waals surface area contributed by atoms with Crippen LogP contribution in [0.15, 0.2) is 0 Å². The number of unbranched alkanes of at least 4 members (excludes halogenated alkanes) is 1. The molecule has 0 unspecified atom stereocenters. The van der Waals surface area contributed by atoms with Crippen LogP contribution >= 0.6 is 0 Å². The fourth-order valence-electron chi connectivity index (χ4n) is 4.06. The van der Waals surface area contributed by atoms with Gasteiger partial charge in [-0.2, -0.15) is 0 Å². The molecule has 0 aromatic rings. The molecule has 0 bridgehead atoms. The lowest BCUT2D eigenvalue weighted by Gasteiger charge is -2.38. The number of nitrogens with one attached hydrogen (secondary N) is 1. The maximum atomic E-state index is 12.9. The standard InChI is InChI=1S/C17H29N3O3/c1-3-4-6-17(7-8-17)15(21)19-9-5-14-13(12-19)18-16(22)20(14)10-11-23-2/h13-14H,3-12H2,1-2H3,(H,18,22)/t13-,14+/m0/s1. The van der Waals surface area contributed by atoms with E-state index in [0.29, 0.717) is 25.6 Å². The second kappa shape index (κ2) is 6.67. The molecule has 1 saturated carbocycles. The minimum absolute atomic E-state index is 0.0153. The Labute approximate surface area is 138 Å². The minimum atomic E-state index is -0.0683. The summed E-state index contributed by atoms with van der Waals surface area (Å²) in [5.74, 6) is 0.328. The highest BCUT2D eigenvalue weighted by Gasteiger charge is 2.52. The lowest BCUT2D eigenvalue weighted by atomic mass is 9.94. The van der Waals surface area contributed by atoms with Crippen molar-refractivity contribution in [2.45, 2.75) is 57.5 Å². The van der Waals surface area contributed by atoms with Gasteiger partial charge in [-0.15, -0.1) is 0 Å². The summed E-state index contributed by atoms with van der Waals surface area (Å²) in [5, 5.41) is 3.05. The lowest BCUT2D eigenvalue weighted by molar-refractivity contribution is -0.139. The van der Waals surface area contributed by atoms with Crippen molar-refractivity contribution in [2.75, 3.05) is 33.4 Å². The summed E-state index contributed by atoms with van der Waals surface area (Å²) in [6.45, 7) is 4.78. The SMILES string of the molecule is CCCCC1(C(=O)N2CC[C@@H]3[C@H](C2)NC(=O)N3CCOC)CC1. The Morgan fingerprint density at radius 1 is 1.43 bits per heavy atom. The molecule has 3 amide bonds. The van der Waals surface area contributed by atoms with E-state index in [4.69, 9.17) is 4.74 Å². The highest BCUT2D eigenvalue weighted by Crippen LogP contribution is 2.51. The molecule has 0 spiro atoms. The molecule has 2 heterocycles. The largest absolute Gasteiger partial charge is 0.383 e. The highest BCUT2D eigenvalue weighted by atomic mass is 16.5. The van der Waals surface area contributed by atoms with Gasteiger partial charge in [-0.25, -0.2) is 4.79 Å². The van der Waals surface area contributed by atoms with Crippen LogP contribution in [0, 0.1) is 5.41 Å². The Bertz CT molecular complexity index is 464.